The molecule has 0 aromatic rings. The Morgan fingerprint density at radius 1 is 1.25 bits per heavy atom. The molecular formula is C5H15N2P. The van der Waals surface area contributed by atoms with Gasteiger partial charge in [0, 0.05) is 8.88 Å². The fraction of sp³-hybridized carbons (Fsp3) is 1.00. The van der Waals surface area contributed by atoms with E-state index in [9.17, 15) is 0 Å². The Morgan fingerprint density at radius 2 is 1.75 bits per heavy atom. The summed E-state index contributed by atoms with van der Waals surface area (Å²) < 4.78 is 4.46. The van der Waals surface area contributed by atoms with Gasteiger partial charge in [0.15, 0.2) is 0 Å². The molecule has 0 heterocycles. The van der Waals surface area contributed by atoms with E-state index in [-0.39, 0.29) is 0 Å². The minimum absolute atomic E-state index is 0.829. The normalized spacial score (nSPS) is 12.8. The molecule has 0 radical (unpaired) electrons. The van der Waals surface area contributed by atoms with Crippen LogP contribution < -0.4 is 0 Å². The fourth-order valence-corrected chi connectivity index (χ4v) is 1.24. The molecule has 0 rings (SSSR count). The lowest BCUT2D eigenvalue weighted by Gasteiger charge is -2.17. The van der Waals surface area contributed by atoms with Crippen LogP contribution in [-0.2, 0) is 0 Å². The van der Waals surface area contributed by atoms with Gasteiger partial charge < -0.3 is 0 Å². The predicted molar refractivity (Wildman–Crippen MR) is 40.3 cm³/mol. The van der Waals surface area contributed by atoms with Crippen LogP contribution >= 0.6 is 8.88 Å². The van der Waals surface area contributed by atoms with E-state index in [1.807, 2.05) is 0 Å². The SMILES string of the molecule is CCN(C)PN(C)C. The van der Waals surface area contributed by atoms with Crippen molar-refractivity contribution >= 4 is 8.88 Å². The zero-order valence-electron chi connectivity index (χ0n) is 6.10. The Kier molecular flexibility index (Phi) is 4.44. The molecule has 0 fully saturated rings. The largest absolute Gasteiger partial charge is 0.279 e. The Bertz CT molecular complexity index is 56.4. The smallest absolute Gasteiger partial charge is 0.0232 e. The first-order valence-electron chi connectivity index (χ1n) is 2.81. The molecule has 3 heteroatoms. The molecule has 0 aromatic heterocycles. The topological polar surface area (TPSA) is 6.48 Å². The van der Waals surface area contributed by atoms with Gasteiger partial charge >= 0.3 is 0 Å². The first kappa shape index (κ1) is 8.35. The quantitative estimate of drug-likeness (QED) is 0.531. The number of rotatable bonds is 3. The minimum Gasteiger partial charge on any atom is -0.279 e. The summed E-state index contributed by atoms with van der Waals surface area (Å²) in [5.74, 6) is 0. The second-order valence-electron chi connectivity index (χ2n) is 2.01. The Labute approximate surface area is 53.7 Å². The first-order chi connectivity index (χ1) is 3.66. The van der Waals surface area contributed by atoms with Crippen LogP contribution in [0.2, 0.25) is 0 Å². The lowest BCUT2D eigenvalue weighted by atomic mass is 10.8. The van der Waals surface area contributed by atoms with Gasteiger partial charge in [0.25, 0.3) is 0 Å². The van der Waals surface area contributed by atoms with Gasteiger partial charge in [0.05, 0.1) is 0 Å². The van der Waals surface area contributed by atoms with Crippen LogP contribution in [0.25, 0.3) is 0 Å². The van der Waals surface area contributed by atoms with E-state index < -0.39 is 0 Å². The summed E-state index contributed by atoms with van der Waals surface area (Å²) in [6.45, 7) is 3.30. The van der Waals surface area contributed by atoms with E-state index >= 15 is 0 Å². The van der Waals surface area contributed by atoms with E-state index in [1.54, 1.807) is 0 Å². The van der Waals surface area contributed by atoms with Crippen molar-refractivity contribution in [1.82, 2.24) is 9.34 Å². The van der Waals surface area contributed by atoms with Gasteiger partial charge in [-0.25, -0.2) is 0 Å². The third kappa shape index (κ3) is 4.51. The zero-order chi connectivity index (χ0) is 6.57. The molecule has 0 aliphatic heterocycles. The lowest BCUT2D eigenvalue weighted by Crippen LogP contribution is -2.12. The van der Waals surface area contributed by atoms with Gasteiger partial charge in [0.2, 0.25) is 0 Å². The van der Waals surface area contributed by atoms with Crippen molar-refractivity contribution in [3.05, 3.63) is 0 Å². The molecule has 0 aromatic carbocycles. The van der Waals surface area contributed by atoms with Gasteiger partial charge in [-0.1, -0.05) is 6.92 Å². The van der Waals surface area contributed by atoms with Crippen molar-refractivity contribution in [2.45, 2.75) is 6.92 Å². The summed E-state index contributed by atoms with van der Waals surface area (Å²) in [6, 6.07) is 0. The average Bonchev–Trinajstić information content (AvgIpc) is 1.65. The molecule has 0 spiro atoms. The van der Waals surface area contributed by atoms with Crippen molar-refractivity contribution < 1.29 is 0 Å². The molecule has 0 saturated heterocycles. The van der Waals surface area contributed by atoms with Crippen LogP contribution in [0.3, 0.4) is 0 Å². The van der Waals surface area contributed by atoms with E-state index in [1.165, 1.54) is 0 Å². The highest BCUT2D eigenvalue weighted by Gasteiger charge is 1.92. The van der Waals surface area contributed by atoms with Crippen LogP contribution in [0.4, 0.5) is 0 Å². The van der Waals surface area contributed by atoms with E-state index in [2.05, 4.69) is 37.4 Å². The molecule has 50 valence electrons. The molecule has 0 bridgehead atoms. The molecule has 0 aliphatic carbocycles. The van der Waals surface area contributed by atoms with E-state index in [0.717, 1.165) is 15.4 Å². The van der Waals surface area contributed by atoms with Crippen molar-refractivity contribution in [2.75, 3.05) is 27.7 Å². The maximum Gasteiger partial charge on any atom is 0.0232 e. The highest BCUT2D eigenvalue weighted by Crippen LogP contribution is 2.15. The van der Waals surface area contributed by atoms with Crippen molar-refractivity contribution in [2.24, 2.45) is 0 Å². The van der Waals surface area contributed by atoms with Crippen molar-refractivity contribution in [1.29, 1.82) is 0 Å². The Morgan fingerprint density at radius 3 is 1.88 bits per heavy atom. The summed E-state index contributed by atoms with van der Waals surface area (Å²) in [6.07, 6.45) is 0. The molecule has 0 N–H and O–H groups in total. The van der Waals surface area contributed by atoms with Gasteiger partial charge in [-0.05, 0) is 27.7 Å². The molecule has 1 atom stereocenters. The standard InChI is InChI=1S/C5H15N2P/c1-5-7(4)8-6(2)3/h8H,5H2,1-4H3. The number of hydrogen-bond donors (Lipinski definition) is 0. The van der Waals surface area contributed by atoms with Crippen molar-refractivity contribution in [3.63, 3.8) is 0 Å². The molecule has 0 aliphatic rings. The van der Waals surface area contributed by atoms with Gasteiger partial charge in [0.1, 0.15) is 0 Å². The molecule has 0 saturated carbocycles. The van der Waals surface area contributed by atoms with Gasteiger partial charge in [-0.15, -0.1) is 0 Å². The Balaban J connectivity index is 3.10. The molecule has 1 unspecified atom stereocenters. The predicted octanol–water partition coefficient (Wildman–Crippen LogP) is 1.01. The summed E-state index contributed by atoms with van der Waals surface area (Å²) in [7, 11) is 7.13. The minimum atomic E-state index is 0.829. The summed E-state index contributed by atoms with van der Waals surface area (Å²) >= 11 is 0. The maximum absolute atomic E-state index is 2.28. The van der Waals surface area contributed by atoms with Crippen LogP contribution in [0.1, 0.15) is 6.92 Å². The number of nitrogens with zero attached hydrogens (tertiary/aromatic N) is 2. The summed E-state index contributed by atoms with van der Waals surface area (Å²) in [5.41, 5.74) is 0. The van der Waals surface area contributed by atoms with E-state index in [0.29, 0.717) is 0 Å². The molecule has 2 nitrogen and oxygen atoms in total. The van der Waals surface area contributed by atoms with Gasteiger partial charge in [-0.3, -0.25) is 9.34 Å². The van der Waals surface area contributed by atoms with Crippen molar-refractivity contribution in [3.8, 4) is 0 Å². The monoisotopic (exact) mass is 134 g/mol. The maximum atomic E-state index is 2.28. The molecule has 8 heavy (non-hydrogen) atoms. The third-order valence-electron chi connectivity index (χ3n) is 0.845. The molecule has 0 amide bonds. The average molecular weight is 134 g/mol. The van der Waals surface area contributed by atoms with Crippen LogP contribution in [0, 0.1) is 0 Å². The van der Waals surface area contributed by atoms with E-state index in [4.69, 9.17) is 0 Å². The fourth-order valence-electron chi connectivity index (χ4n) is 0.412. The Hall–Kier alpha value is 0.350. The third-order valence-corrected chi connectivity index (χ3v) is 1.90. The summed E-state index contributed by atoms with van der Waals surface area (Å²) in [4.78, 5) is 0. The highest BCUT2D eigenvalue weighted by molar-refractivity contribution is 7.32. The van der Waals surface area contributed by atoms with Crippen LogP contribution in [0.15, 0.2) is 0 Å². The lowest BCUT2D eigenvalue weighted by molar-refractivity contribution is 0.541. The second kappa shape index (κ2) is 4.25. The van der Waals surface area contributed by atoms with Crippen LogP contribution in [0.5, 0.6) is 0 Å². The summed E-state index contributed by atoms with van der Waals surface area (Å²) in [5, 5.41) is 0. The number of hydrogen-bond acceptors (Lipinski definition) is 2. The van der Waals surface area contributed by atoms with Gasteiger partial charge in [-0.2, -0.15) is 0 Å². The second-order valence-corrected chi connectivity index (χ2v) is 3.87. The zero-order valence-corrected chi connectivity index (χ0v) is 7.10. The molecular weight excluding hydrogens is 119 g/mol. The van der Waals surface area contributed by atoms with Crippen LogP contribution in [-0.4, -0.2) is 37.0 Å². The first-order valence-corrected chi connectivity index (χ1v) is 3.71. The highest BCUT2D eigenvalue weighted by atomic mass is 31.1.